The van der Waals surface area contributed by atoms with Gasteiger partial charge >= 0.3 is 11.2 Å². The SMILES string of the molecule is O=C(COc1ccc(/C=C/c2nc(O)c([N+](=O)[O-])c(=O)[nH]2)cc1)NC[C@H]1CCCO1. The van der Waals surface area contributed by atoms with Gasteiger partial charge in [-0.3, -0.25) is 19.7 Å². The highest BCUT2D eigenvalue weighted by molar-refractivity contribution is 5.77. The summed E-state index contributed by atoms with van der Waals surface area (Å²) in [5.41, 5.74) is -1.34. The first-order chi connectivity index (χ1) is 14.4. The van der Waals surface area contributed by atoms with Crippen LogP contribution in [0.5, 0.6) is 11.6 Å². The van der Waals surface area contributed by atoms with E-state index in [4.69, 9.17) is 9.47 Å². The lowest BCUT2D eigenvalue weighted by atomic mass is 10.2. The molecule has 158 valence electrons. The number of carbonyl (C=O) groups is 1. The molecule has 1 fully saturated rings. The zero-order valence-corrected chi connectivity index (χ0v) is 15.9. The smallest absolute Gasteiger partial charge is 0.395 e. The molecule has 0 spiro atoms. The molecule has 1 aromatic carbocycles. The number of nitrogens with zero attached hydrogens (tertiary/aromatic N) is 2. The van der Waals surface area contributed by atoms with Gasteiger partial charge in [0, 0.05) is 13.2 Å². The fourth-order valence-corrected chi connectivity index (χ4v) is 2.80. The molecular formula is C19H20N4O7. The number of aromatic nitrogens is 2. The van der Waals surface area contributed by atoms with E-state index in [1.165, 1.54) is 6.08 Å². The molecule has 1 amide bonds. The Labute approximate surface area is 170 Å². The molecule has 1 saturated heterocycles. The summed E-state index contributed by atoms with van der Waals surface area (Å²) in [6.07, 6.45) is 5.00. The second-order valence-electron chi connectivity index (χ2n) is 6.51. The van der Waals surface area contributed by atoms with Crippen LogP contribution >= 0.6 is 0 Å². The van der Waals surface area contributed by atoms with Gasteiger partial charge in [0.25, 0.3) is 11.8 Å². The number of hydrogen-bond acceptors (Lipinski definition) is 8. The Morgan fingerprint density at radius 1 is 1.40 bits per heavy atom. The van der Waals surface area contributed by atoms with Gasteiger partial charge in [0.1, 0.15) is 11.6 Å². The van der Waals surface area contributed by atoms with E-state index in [9.17, 15) is 24.8 Å². The lowest BCUT2D eigenvalue weighted by molar-refractivity contribution is -0.387. The Hall–Kier alpha value is -3.73. The monoisotopic (exact) mass is 416 g/mol. The van der Waals surface area contributed by atoms with E-state index in [1.807, 2.05) is 0 Å². The number of aromatic hydroxyl groups is 1. The van der Waals surface area contributed by atoms with E-state index in [2.05, 4.69) is 15.3 Å². The predicted octanol–water partition coefficient (Wildman–Crippen LogP) is 1.23. The molecule has 1 aliphatic heterocycles. The summed E-state index contributed by atoms with van der Waals surface area (Å²) in [6, 6.07) is 6.74. The van der Waals surface area contributed by atoms with Crippen molar-refractivity contribution in [3.63, 3.8) is 0 Å². The number of aromatic amines is 1. The van der Waals surface area contributed by atoms with Crippen molar-refractivity contribution in [3.8, 4) is 11.6 Å². The average Bonchev–Trinajstić information content (AvgIpc) is 3.23. The highest BCUT2D eigenvalue weighted by Gasteiger charge is 2.21. The van der Waals surface area contributed by atoms with E-state index in [-0.39, 0.29) is 24.4 Å². The van der Waals surface area contributed by atoms with Gasteiger partial charge in [0.15, 0.2) is 6.61 Å². The van der Waals surface area contributed by atoms with Crippen molar-refractivity contribution in [2.75, 3.05) is 19.8 Å². The van der Waals surface area contributed by atoms with E-state index < -0.39 is 22.0 Å². The topological polar surface area (TPSA) is 157 Å². The normalized spacial score (nSPS) is 15.9. The van der Waals surface area contributed by atoms with E-state index in [0.717, 1.165) is 19.4 Å². The summed E-state index contributed by atoms with van der Waals surface area (Å²) in [5, 5.41) is 23.0. The standard InChI is InChI=1S/C19H20N4O7/c24-16(20-10-14-2-1-9-29-14)11-30-13-6-3-12(4-7-13)5-8-15-21-18(25)17(23(27)28)19(26)22-15/h3-8,14H,1-2,9-11H2,(H,20,24)(H2,21,22,25,26)/b8-5+/t14-/m1/s1. The van der Waals surface area contributed by atoms with Crippen molar-refractivity contribution < 1.29 is 24.3 Å². The van der Waals surface area contributed by atoms with Gasteiger partial charge in [0.05, 0.1) is 11.0 Å². The van der Waals surface area contributed by atoms with Crippen molar-refractivity contribution in [1.82, 2.24) is 15.3 Å². The largest absolute Gasteiger partial charge is 0.488 e. The Morgan fingerprint density at radius 3 is 2.80 bits per heavy atom. The maximum atomic E-state index is 11.8. The number of nitro groups is 1. The number of H-pyrrole nitrogens is 1. The molecule has 0 bridgehead atoms. The third-order valence-electron chi connectivity index (χ3n) is 4.31. The Morgan fingerprint density at radius 2 is 2.17 bits per heavy atom. The van der Waals surface area contributed by atoms with E-state index >= 15 is 0 Å². The lowest BCUT2D eigenvalue weighted by Gasteiger charge is -2.11. The first-order valence-electron chi connectivity index (χ1n) is 9.19. The van der Waals surface area contributed by atoms with Crippen LogP contribution in [0, 0.1) is 10.1 Å². The minimum absolute atomic E-state index is 0.0358. The fourth-order valence-electron chi connectivity index (χ4n) is 2.80. The van der Waals surface area contributed by atoms with Crippen molar-refractivity contribution in [3.05, 3.63) is 56.1 Å². The average molecular weight is 416 g/mol. The summed E-state index contributed by atoms with van der Waals surface area (Å²) >= 11 is 0. The minimum atomic E-state index is -1.05. The number of ether oxygens (including phenoxy) is 2. The predicted molar refractivity (Wildman–Crippen MR) is 106 cm³/mol. The first kappa shape index (κ1) is 21.0. The molecule has 11 nitrogen and oxygen atoms in total. The highest BCUT2D eigenvalue weighted by Crippen LogP contribution is 2.18. The summed E-state index contributed by atoms with van der Waals surface area (Å²) in [6.45, 7) is 1.09. The molecule has 0 unspecified atom stereocenters. The van der Waals surface area contributed by atoms with Gasteiger partial charge in [-0.15, -0.1) is 0 Å². The van der Waals surface area contributed by atoms with Crippen LogP contribution in [0.15, 0.2) is 29.1 Å². The molecule has 30 heavy (non-hydrogen) atoms. The van der Waals surface area contributed by atoms with Crippen LogP contribution in [0.3, 0.4) is 0 Å². The summed E-state index contributed by atoms with van der Waals surface area (Å²) in [7, 11) is 0. The maximum absolute atomic E-state index is 11.8. The van der Waals surface area contributed by atoms with Gasteiger partial charge in [-0.25, -0.2) is 0 Å². The molecule has 2 aromatic rings. The summed E-state index contributed by atoms with van der Waals surface area (Å²) in [5.74, 6) is -0.724. The second kappa shape index (κ2) is 9.65. The van der Waals surface area contributed by atoms with Crippen LogP contribution in [0.2, 0.25) is 0 Å². The molecule has 0 aliphatic carbocycles. The van der Waals surface area contributed by atoms with Gasteiger partial charge < -0.3 is 24.9 Å². The third-order valence-corrected chi connectivity index (χ3v) is 4.31. The van der Waals surface area contributed by atoms with Crippen molar-refractivity contribution in [1.29, 1.82) is 0 Å². The van der Waals surface area contributed by atoms with Crippen LogP contribution in [0.1, 0.15) is 24.2 Å². The lowest BCUT2D eigenvalue weighted by Crippen LogP contribution is -2.35. The molecule has 1 atom stereocenters. The molecule has 1 aromatic heterocycles. The van der Waals surface area contributed by atoms with Gasteiger partial charge in [0.2, 0.25) is 0 Å². The number of nitrogens with one attached hydrogen (secondary N) is 2. The molecule has 1 aliphatic rings. The highest BCUT2D eigenvalue weighted by atomic mass is 16.6. The van der Waals surface area contributed by atoms with Crippen LogP contribution < -0.4 is 15.6 Å². The van der Waals surface area contributed by atoms with Crippen LogP contribution in [-0.2, 0) is 9.53 Å². The van der Waals surface area contributed by atoms with Crippen molar-refractivity contribution in [2.24, 2.45) is 0 Å². The molecule has 3 N–H and O–H groups in total. The molecule has 11 heteroatoms. The molecular weight excluding hydrogens is 396 g/mol. The Balaban J connectivity index is 1.52. The van der Waals surface area contributed by atoms with Crippen LogP contribution in [0.25, 0.3) is 12.2 Å². The number of amides is 1. The summed E-state index contributed by atoms with van der Waals surface area (Å²) in [4.78, 5) is 38.9. The van der Waals surface area contributed by atoms with Crippen molar-refractivity contribution in [2.45, 2.75) is 18.9 Å². The molecule has 2 heterocycles. The van der Waals surface area contributed by atoms with Gasteiger partial charge in [-0.05, 0) is 36.6 Å². The second-order valence-corrected chi connectivity index (χ2v) is 6.51. The number of hydrogen-bond donors (Lipinski definition) is 3. The third kappa shape index (κ3) is 5.64. The quantitative estimate of drug-likeness (QED) is 0.428. The van der Waals surface area contributed by atoms with Crippen LogP contribution in [0.4, 0.5) is 5.69 Å². The molecule has 0 saturated carbocycles. The Bertz CT molecular complexity index is 995. The molecule has 3 rings (SSSR count). The van der Waals surface area contributed by atoms with Crippen molar-refractivity contribution >= 4 is 23.7 Å². The number of rotatable bonds is 8. The fraction of sp³-hybridized carbons (Fsp3) is 0.316. The number of carbonyl (C=O) groups excluding carboxylic acids is 1. The number of benzene rings is 1. The first-order valence-corrected chi connectivity index (χ1v) is 9.19. The van der Waals surface area contributed by atoms with Gasteiger partial charge in [-0.1, -0.05) is 18.2 Å². The summed E-state index contributed by atoms with van der Waals surface area (Å²) < 4.78 is 10.9. The zero-order valence-electron chi connectivity index (χ0n) is 15.9. The van der Waals surface area contributed by atoms with Gasteiger partial charge in [-0.2, -0.15) is 4.98 Å². The zero-order chi connectivity index (χ0) is 21.5. The Kier molecular flexibility index (Phi) is 6.75. The van der Waals surface area contributed by atoms with E-state index in [0.29, 0.717) is 17.9 Å². The maximum Gasteiger partial charge on any atom is 0.395 e. The molecule has 0 radical (unpaired) electrons. The van der Waals surface area contributed by atoms with E-state index in [1.54, 1.807) is 30.3 Å². The minimum Gasteiger partial charge on any atom is -0.488 e. The van der Waals surface area contributed by atoms with Crippen LogP contribution in [-0.4, -0.2) is 51.8 Å².